The normalized spacial score (nSPS) is 24.8. The number of ether oxygens (including phenoxy) is 1. The molecule has 1 aliphatic carbocycles. The van der Waals surface area contributed by atoms with Crippen LogP contribution in [0.2, 0.25) is 0 Å². The highest BCUT2D eigenvalue weighted by Crippen LogP contribution is 2.19. The lowest BCUT2D eigenvalue weighted by Gasteiger charge is -2.27. The standard InChI is InChI=1S/C15H20N2O2/c16-15(18)19-14-11-7-2-1-6-10-13(14)17-12-8-4-3-5-9-12/h3-6,8-10,13-14,17H,1-2,7,11H2,(H2,16,18)/b10-6+. The summed E-state index contributed by atoms with van der Waals surface area (Å²) in [6.45, 7) is 0. The number of nitrogens with two attached hydrogens (primary N) is 1. The Labute approximate surface area is 113 Å². The van der Waals surface area contributed by atoms with Crippen LogP contribution in [-0.4, -0.2) is 18.2 Å². The van der Waals surface area contributed by atoms with E-state index in [4.69, 9.17) is 10.5 Å². The minimum absolute atomic E-state index is 0.0322. The molecule has 3 N–H and O–H groups in total. The minimum Gasteiger partial charge on any atom is -0.444 e. The second-order valence-corrected chi connectivity index (χ2v) is 4.72. The number of para-hydroxylation sites is 1. The average molecular weight is 260 g/mol. The van der Waals surface area contributed by atoms with E-state index in [-0.39, 0.29) is 12.1 Å². The van der Waals surface area contributed by atoms with Gasteiger partial charge in [0, 0.05) is 5.69 Å². The molecule has 1 amide bonds. The van der Waals surface area contributed by atoms with Gasteiger partial charge in [0.05, 0.1) is 6.04 Å². The third-order valence-corrected chi connectivity index (χ3v) is 3.23. The van der Waals surface area contributed by atoms with E-state index >= 15 is 0 Å². The maximum Gasteiger partial charge on any atom is 0.404 e. The van der Waals surface area contributed by atoms with E-state index in [1.165, 1.54) is 0 Å². The average Bonchev–Trinajstić information content (AvgIpc) is 2.38. The van der Waals surface area contributed by atoms with Crippen molar-refractivity contribution >= 4 is 11.8 Å². The van der Waals surface area contributed by atoms with Gasteiger partial charge in [0.2, 0.25) is 0 Å². The molecule has 4 nitrogen and oxygen atoms in total. The highest BCUT2D eigenvalue weighted by atomic mass is 16.6. The first kappa shape index (κ1) is 13.5. The molecule has 0 aliphatic heterocycles. The lowest BCUT2D eigenvalue weighted by molar-refractivity contribution is 0.0946. The predicted octanol–water partition coefficient (Wildman–Crippen LogP) is 3.06. The number of nitrogens with one attached hydrogen (secondary N) is 1. The van der Waals surface area contributed by atoms with Gasteiger partial charge < -0.3 is 15.8 Å². The van der Waals surface area contributed by atoms with Crippen molar-refractivity contribution in [3.63, 3.8) is 0 Å². The third-order valence-electron chi connectivity index (χ3n) is 3.23. The van der Waals surface area contributed by atoms with Gasteiger partial charge in [-0.2, -0.15) is 0 Å². The van der Waals surface area contributed by atoms with Crippen molar-refractivity contribution in [2.24, 2.45) is 5.73 Å². The molecule has 2 unspecified atom stereocenters. The summed E-state index contributed by atoms with van der Waals surface area (Å²) in [5.41, 5.74) is 6.17. The van der Waals surface area contributed by atoms with Gasteiger partial charge in [0.15, 0.2) is 0 Å². The van der Waals surface area contributed by atoms with Crippen molar-refractivity contribution in [3.05, 3.63) is 42.5 Å². The molecule has 0 bridgehead atoms. The number of hydrogen-bond donors (Lipinski definition) is 2. The van der Waals surface area contributed by atoms with Crippen LogP contribution in [0.25, 0.3) is 0 Å². The number of rotatable bonds is 3. The largest absolute Gasteiger partial charge is 0.444 e. The van der Waals surface area contributed by atoms with Gasteiger partial charge in [-0.15, -0.1) is 0 Å². The number of primary amides is 1. The summed E-state index contributed by atoms with van der Waals surface area (Å²) in [5, 5.41) is 3.38. The Morgan fingerprint density at radius 1 is 1.26 bits per heavy atom. The summed E-state index contributed by atoms with van der Waals surface area (Å²) in [5.74, 6) is 0. The minimum atomic E-state index is -0.709. The molecule has 19 heavy (non-hydrogen) atoms. The molecule has 0 spiro atoms. The number of amides is 1. The zero-order valence-corrected chi connectivity index (χ0v) is 10.9. The lowest BCUT2D eigenvalue weighted by Crippen LogP contribution is -2.37. The van der Waals surface area contributed by atoms with E-state index in [2.05, 4.69) is 17.5 Å². The van der Waals surface area contributed by atoms with Crippen molar-refractivity contribution in [2.75, 3.05) is 5.32 Å². The predicted molar refractivity (Wildman–Crippen MR) is 75.9 cm³/mol. The fraction of sp³-hybridized carbons (Fsp3) is 0.400. The number of hydrogen-bond acceptors (Lipinski definition) is 3. The Morgan fingerprint density at radius 3 is 2.79 bits per heavy atom. The van der Waals surface area contributed by atoms with Gasteiger partial charge in [0.1, 0.15) is 6.10 Å². The van der Waals surface area contributed by atoms with Gasteiger partial charge in [-0.05, 0) is 37.8 Å². The topological polar surface area (TPSA) is 64.4 Å². The molecule has 4 heteroatoms. The maximum absolute atomic E-state index is 11.0. The van der Waals surface area contributed by atoms with Gasteiger partial charge in [0.25, 0.3) is 0 Å². The smallest absolute Gasteiger partial charge is 0.404 e. The molecule has 1 aliphatic rings. The Kier molecular flexibility index (Phi) is 4.84. The number of benzene rings is 1. The summed E-state index contributed by atoms with van der Waals surface area (Å²) in [6, 6.07) is 9.87. The zero-order chi connectivity index (χ0) is 13.5. The molecule has 1 aromatic rings. The fourth-order valence-electron chi connectivity index (χ4n) is 2.30. The second-order valence-electron chi connectivity index (χ2n) is 4.72. The second kappa shape index (κ2) is 6.83. The van der Waals surface area contributed by atoms with Crippen LogP contribution in [0, 0.1) is 0 Å². The maximum atomic E-state index is 11.0. The van der Waals surface area contributed by atoms with Crippen molar-refractivity contribution in [3.8, 4) is 0 Å². The summed E-state index contributed by atoms with van der Waals surface area (Å²) < 4.78 is 5.24. The van der Waals surface area contributed by atoms with Crippen LogP contribution in [0.3, 0.4) is 0 Å². The zero-order valence-electron chi connectivity index (χ0n) is 10.9. The SMILES string of the molecule is NC(=O)OC1CCCC/C=C/C1Nc1ccccc1. The molecule has 0 radical (unpaired) electrons. The number of anilines is 1. The van der Waals surface area contributed by atoms with E-state index < -0.39 is 6.09 Å². The van der Waals surface area contributed by atoms with Crippen LogP contribution in [0.4, 0.5) is 10.5 Å². The van der Waals surface area contributed by atoms with E-state index in [0.29, 0.717) is 0 Å². The first-order valence-corrected chi connectivity index (χ1v) is 6.70. The molecule has 1 aromatic carbocycles. The van der Waals surface area contributed by atoms with E-state index in [1.807, 2.05) is 30.3 Å². The molecule has 0 aromatic heterocycles. The van der Waals surface area contributed by atoms with Crippen molar-refractivity contribution in [2.45, 2.75) is 37.8 Å². The molecule has 0 saturated carbocycles. The van der Waals surface area contributed by atoms with Gasteiger partial charge in [-0.25, -0.2) is 4.79 Å². The molecule has 0 fully saturated rings. The van der Waals surface area contributed by atoms with Crippen LogP contribution in [0.1, 0.15) is 25.7 Å². The first-order valence-electron chi connectivity index (χ1n) is 6.70. The Balaban J connectivity index is 2.10. The lowest BCUT2D eigenvalue weighted by atomic mass is 9.99. The Morgan fingerprint density at radius 2 is 2.05 bits per heavy atom. The summed E-state index contributed by atoms with van der Waals surface area (Å²) >= 11 is 0. The van der Waals surface area contributed by atoms with E-state index in [9.17, 15) is 4.79 Å². The molecule has 0 saturated heterocycles. The molecular weight excluding hydrogens is 240 g/mol. The quantitative estimate of drug-likeness (QED) is 0.821. The van der Waals surface area contributed by atoms with Crippen LogP contribution >= 0.6 is 0 Å². The molecule has 0 heterocycles. The fourth-order valence-corrected chi connectivity index (χ4v) is 2.30. The first-order chi connectivity index (χ1) is 9.25. The number of carbonyl (C=O) groups is 1. The summed E-state index contributed by atoms with van der Waals surface area (Å²) in [7, 11) is 0. The van der Waals surface area contributed by atoms with Gasteiger partial charge in [-0.3, -0.25) is 0 Å². The van der Waals surface area contributed by atoms with Crippen LogP contribution in [0.5, 0.6) is 0 Å². The van der Waals surface area contributed by atoms with Crippen LogP contribution < -0.4 is 11.1 Å². The van der Waals surface area contributed by atoms with Crippen molar-refractivity contribution in [1.29, 1.82) is 0 Å². The Hall–Kier alpha value is -1.97. The van der Waals surface area contributed by atoms with Gasteiger partial charge in [-0.1, -0.05) is 30.4 Å². The van der Waals surface area contributed by atoms with E-state index in [0.717, 1.165) is 31.4 Å². The summed E-state index contributed by atoms with van der Waals surface area (Å²) in [4.78, 5) is 11.0. The van der Waals surface area contributed by atoms with Crippen LogP contribution in [0.15, 0.2) is 42.5 Å². The molecular formula is C15H20N2O2. The van der Waals surface area contributed by atoms with Crippen molar-refractivity contribution in [1.82, 2.24) is 0 Å². The Bertz CT molecular complexity index is 431. The van der Waals surface area contributed by atoms with Crippen molar-refractivity contribution < 1.29 is 9.53 Å². The highest BCUT2D eigenvalue weighted by Gasteiger charge is 2.23. The third kappa shape index (κ3) is 4.32. The van der Waals surface area contributed by atoms with E-state index in [1.54, 1.807) is 0 Å². The van der Waals surface area contributed by atoms with Crippen LogP contribution in [-0.2, 0) is 4.74 Å². The molecule has 2 atom stereocenters. The molecule has 2 rings (SSSR count). The monoisotopic (exact) mass is 260 g/mol. The van der Waals surface area contributed by atoms with Gasteiger partial charge >= 0.3 is 6.09 Å². The summed E-state index contributed by atoms with van der Waals surface area (Å²) in [6.07, 6.45) is 7.33. The number of carbonyl (C=O) groups excluding carboxylic acids is 1. The highest BCUT2D eigenvalue weighted by molar-refractivity contribution is 5.65. The molecule has 102 valence electrons. The number of allylic oxidation sites excluding steroid dienone is 1.